The molecule has 0 saturated carbocycles. The van der Waals surface area contributed by atoms with E-state index in [0.29, 0.717) is 15.4 Å². The van der Waals surface area contributed by atoms with Crippen LogP contribution in [0.4, 0.5) is 5.82 Å². The third-order valence-corrected chi connectivity index (χ3v) is 5.57. The Morgan fingerprint density at radius 1 is 1.11 bits per heavy atom. The maximum absolute atomic E-state index is 12.8. The van der Waals surface area contributed by atoms with Gasteiger partial charge in [0.25, 0.3) is 10.0 Å². The van der Waals surface area contributed by atoms with E-state index in [-0.39, 0.29) is 22.2 Å². The average molecular weight is 387 g/mol. The summed E-state index contributed by atoms with van der Waals surface area (Å²) in [4.78, 5) is 12.3. The highest BCUT2D eigenvalue weighted by atomic mass is 32.2. The number of methoxy groups -OCH3 is 1. The minimum Gasteiger partial charge on any atom is -0.497 e. The molecule has 9 heteroatoms. The second-order valence-electron chi connectivity index (χ2n) is 5.64. The number of nitrogens with zero attached hydrogens (tertiary/aromatic N) is 2. The van der Waals surface area contributed by atoms with Crippen molar-refractivity contribution in [2.45, 2.75) is 11.8 Å². The Labute approximate surface area is 156 Å². The molecule has 2 aromatic carbocycles. The van der Waals surface area contributed by atoms with Gasteiger partial charge in [-0.2, -0.15) is 8.42 Å². The number of nitrogens with two attached hydrogens (primary N) is 1. The molecule has 1 heterocycles. The van der Waals surface area contributed by atoms with Crippen LogP contribution in [0.1, 0.15) is 15.9 Å². The second-order valence-corrected chi connectivity index (χ2v) is 7.37. The molecule has 3 aromatic rings. The Kier molecular flexibility index (Phi) is 4.87. The van der Waals surface area contributed by atoms with Crippen LogP contribution in [0.25, 0.3) is 0 Å². The van der Waals surface area contributed by atoms with Crippen molar-refractivity contribution in [2.24, 2.45) is 0 Å². The molecule has 0 unspecified atom stereocenters. The van der Waals surface area contributed by atoms with Gasteiger partial charge in [-0.15, -0.1) is 9.19 Å². The first-order chi connectivity index (χ1) is 12.8. The maximum atomic E-state index is 12.8. The molecular weight excluding hydrogens is 370 g/mol. The lowest BCUT2D eigenvalue weighted by Crippen LogP contribution is -2.18. The molecule has 3 rings (SSSR count). The number of nitrogen functional groups attached to an aromatic ring is 1. The fraction of sp³-hybridized carbons (Fsp3) is 0.111. The van der Waals surface area contributed by atoms with Crippen LogP contribution in [0.5, 0.6) is 11.6 Å². The van der Waals surface area contributed by atoms with Gasteiger partial charge in [0, 0.05) is 6.07 Å². The number of benzene rings is 2. The Morgan fingerprint density at radius 2 is 1.78 bits per heavy atom. The second kappa shape index (κ2) is 7.12. The van der Waals surface area contributed by atoms with E-state index in [1.165, 1.54) is 31.4 Å². The standard InChI is InChI=1S/C18H17N3O5S/c1-12-5-3-4-6-15(12)27(23,24)21-16(19)11-17(20-21)26-18(22)13-7-9-14(25-2)10-8-13/h3-11H,19H2,1-2H3. The molecule has 0 radical (unpaired) electrons. The number of hydrogen-bond donors (Lipinski definition) is 1. The maximum Gasteiger partial charge on any atom is 0.344 e. The first-order valence-corrected chi connectivity index (χ1v) is 9.30. The van der Waals surface area contributed by atoms with Crippen molar-refractivity contribution in [2.75, 3.05) is 12.8 Å². The number of aromatic nitrogens is 2. The molecule has 0 aliphatic carbocycles. The number of esters is 1. The van der Waals surface area contributed by atoms with Crippen LogP contribution >= 0.6 is 0 Å². The van der Waals surface area contributed by atoms with E-state index in [4.69, 9.17) is 15.2 Å². The van der Waals surface area contributed by atoms with E-state index in [0.717, 1.165) is 0 Å². The Bertz CT molecular complexity index is 1090. The van der Waals surface area contributed by atoms with Crippen molar-refractivity contribution >= 4 is 21.8 Å². The van der Waals surface area contributed by atoms with Gasteiger partial charge in [-0.1, -0.05) is 18.2 Å². The number of anilines is 1. The highest BCUT2D eigenvalue weighted by molar-refractivity contribution is 7.90. The van der Waals surface area contributed by atoms with Gasteiger partial charge in [0.05, 0.1) is 17.6 Å². The molecule has 0 fully saturated rings. The van der Waals surface area contributed by atoms with Gasteiger partial charge in [-0.3, -0.25) is 0 Å². The van der Waals surface area contributed by atoms with Crippen molar-refractivity contribution in [3.63, 3.8) is 0 Å². The Hall–Kier alpha value is -3.33. The van der Waals surface area contributed by atoms with E-state index in [9.17, 15) is 13.2 Å². The van der Waals surface area contributed by atoms with Crippen molar-refractivity contribution in [1.29, 1.82) is 0 Å². The first kappa shape index (κ1) is 18.5. The topological polar surface area (TPSA) is 114 Å². The molecule has 2 N–H and O–H groups in total. The zero-order valence-electron chi connectivity index (χ0n) is 14.6. The number of carbonyl (C=O) groups excluding carboxylic acids is 1. The van der Waals surface area contributed by atoms with Gasteiger partial charge < -0.3 is 15.2 Å². The third kappa shape index (κ3) is 3.63. The third-order valence-electron chi connectivity index (χ3n) is 3.80. The lowest BCUT2D eigenvalue weighted by Gasteiger charge is -2.08. The summed E-state index contributed by atoms with van der Waals surface area (Å²) in [5, 5.41) is 3.83. The molecule has 0 amide bonds. The van der Waals surface area contributed by atoms with E-state index < -0.39 is 16.0 Å². The predicted octanol–water partition coefficient (Wildman–Crippen LogP) is 2.24. The van der Waals surface area contributed by atoms with Crippen LogP contribution in [-0.2, 0) is 10.0 Å². The van der Waals surface area contributed by atoms with E-state index in [2.05, 4.69) is 5.10 Å². The zero-order valence-corrected chi connectivity index (χ0v) is 15.4. The molecule has 0 spiro atoms. The minimum absolute atomic E-state index is 0.0628. The molecule has 0 aliphatic rings. The number of rotatable bonds is 5. The largest absolute Gasteiger partial charge is 0.497 e. The Morgan fingerprint density at radius 3 is 2.41 bits per heavy atom. The summed E-state index contributed by atoms with van der Waals surface area (Å²) in [6.45, 7) is 1.66. The fourth-order valence-electron chi connectivity index (χ4n) is 2.42. The number of hydrogen-bond acceptors (Lipinski definition) is 7. The number of ether oxygens (including phenoxy) is 2. The monoisotopic (exact) mass is 387 g/mol. The van der Waals surface area contributed by atoms with Gasteiger partial charge in [-0.25, -0.2) is 4.79 Å². The van der Waals surface area contributed by atoms with Crippen LogP contribution in [0, 0.1) is 6.92 Å². The summed E-state index contributed by atoms with van der Waals surface area (Å²) in [6, 6.07) is 13.9. The highest BCUT2D eigenvalue weighted by Crippen LogP contribution is 2.23. The SMILES string of the molecule is COc1ccc(C(=O)Oc2cc(N)n(S(=O)(=O)c3ccccc3C)n2)cc1. The fourth-order valence-corrected chi connectivity index (χ4v) is 3.85. The highest BCUT2D eigenvalue weighted by Gasteiger charge is 2.24. The molecule has 0 bridgehead atoms. The predicted molar refractivity (Wildman–Crippen MR) is 98.4 cm³/mol. The first-order valence-electron chi connectivity index (χ1n) is 7.86. The van der Waals surface area contributed by atoms with Crippen LogP contribution in [-0.4, -0.2) is 30.7 Å². The van der Waals surface area contributed by atoms with Gasteiger partial charge in [-0.05, 0) is 42.8 Å². The van der Waals surface area contributed by atoms with Crippen molar-refractivity contribution < 1.29 is 22.7 Å². The molecule has 27 heavy (non-hydrogen) atoms. The van der Waals surface area contributed by atoms with Gasteiger partial charge in [0.15, 0.2) is 0 Å². The smallest absolute Gasteiger partial charge is 0.344 e. The lowest BCUT2D eigenvalue weighted by molar-refractivity contribution is 0.0727. The quantitative estimate of drug-likeness (QED) is 0.668. The van der Waals surface area contributed by atoms with Crippen LogP contribution in [0.15, 0.2) is 59.5 Å². The summed E-state index contributed by atoms with van der Waals surface area (Å²) < 4.78 is 36.4. The van der Waals surface area contributed by atoms with E-state index >= 15 is 0 Å². The molecule has 8 nitrogen and oxygen atoms in total. The minimum atomic E-state index is -4.02. The number of aryl methyl sites for hydroxylation is 1. The zero-order chi connectivity index (χ0) is 19.6. The normalized spacial score (nSPS) is 11.2. The summed E-state index contributed by atoms with van der Waals surface area (Å²) in [5.41, 5.74) is 6.58. The van der Waals surface area contributed by atoms with Crippen molar-refractivity contribution in [3.05, 3.63) is 65.7 Å². The molecule has 0 saturated heterocycles. The molecule has 0 atom stereocenters. The molecule has 0 aliphatic heterocycles. The van der Waals surface area contributed by atoms with E-state index in [1.807, 2.05) is 0 Å². The molecule has 140 valence electrons. The van der Waals surface area contributed by atoms with Gasteiger partial charge in [0.1, 0.15) is 11.6 Å². The average Bonchev–Trinajstić information content (AvgIpc) is 3.03. The molecule has 1 aromatic heterocycles. The van der Waals surface area contributed by atoms with E-state index in [1.54, 1.807) is 37.3 Å². The van der Waals surface area contributed by atoms with Crippen LogP contribution in [0.3, 0.4) is 0 Å². The van der Waals surface area contributed by atoms with Crippen molar-refractivity contribution in [1.82, 2.24) is 9.19 Å². The van der Waals surface area contributed by atoms with Crippen LogP contribution in [0.2, 0.25) is 0 Å². The van der Waals surface area contributed by atoms with Crippen LogP contribution < -0.4 is 15.2 Å². The lowest BCUT2D eigenvalue weighted by atomic mass is 10.2. The summed E-state index contributed by atoms with van der Waals surface area (Å²) in [7, 11) is -2.50. The summed E-state index contributed by atoms with van der Waals surface area (Å²) >= 11 is 0. The van der Waals surface area contributed by atoms with Crippen molar-refractivity contribution in [3.8, 4) is 11.6 Å². The van der Waals surface area contributed by atoms with Gasteiger partial charge in [0.2, 0.25) is 5.88 Å². The van der Waals surface area contributed by atoms with Gasteiger partial charge >= 0.3 is 5.97 Å². The molecular formula is C18H17N3O5S. The Balaban J connectivity index is 1.88. The summed E-state index contributed by atoms with van der Waals surface area (Å²) in [6.07, 6.45) is 0. The summed E-state index contributed by atoms with van der Waals surface area (Å²) in [5.74, 6) is -0.499. The number of carbonyl (C=O) groups is 1.